The summed E-state index contributed by atoms with van der Waals surface area (Å²) in [5.74, 6) is 0.582. The van der Waals surface area contributed by atoms with E-state index in [-0.39, 0.29) is 30.1 Å². The van der Waals surface area contributed by atoms with Gasteiger partial charge < -0.3 is 14.3 Å². The molecule has 0 bridgehead atoms. The molecule has 1 aromatic rings. The largest absolute Gasteiger partial charge is 0.520 e. The van der Waals surface area contributed by atoms with Crippen molar-refractivity contribution in [3.63, 3.8) is 0 Å². The lowest BCUT2D eigenvalue weighted by atomic mass is 9.96. The zero-order chi connectivity index (χ0) is 18.4. The number of carbonyl (C=O) groups is 1. The van der Waals surface area contributed by atoms with Crippen LogP contribution in [0.15, 0.2) is 4.42 Å². The Kier molecular flexibility index (Phi) is 7.23. The van der Waals surface area contributed by atoms with E-state index in [0.29, 0.717) is 12.3 Å². The van der Waals surface area contributed by atoms with Gasteiger partial charge in [0.25, 0.3) is 0 Å². The molecule has 0 radical (unpaired) electrons. The van der Waals surface area contributed by atoms with Gasteiger partial charge in [0.2, 0.25) is 0 Å². The molecule has 1 heterocycles. The summed E-state index contributed by atoms with van der Waals surface area (Å²) in [4.78, 5) is 12.6. The fourth-order valence-corrected chi connectivity index (χ4v) is 2.99. The molecule has 1 amide bonds. The average Bonchev–Trinajstić information content (AvgIpc) is 2.96. The van der Waals surface area contributed by atoms with E-state index in [1.807, 2.05) is 13.8 Å². The van der Waals surface area contributed by atoms with Crippen LogP contribution < -0.4 is 14.7 Å². The van der Waals surface area contributed by atoms with Crippen molar-refractivity contribution in [2.75, 3.05) is 0 Å². The van der Waals surface area contributed by atoms with E-state index in [1.54, 1.807) is 0 Å². The summed E-state index contributed by atoms with van der Waals surface area (Å²) >= 11 is 0. The summed E-state index contributed by atoms with van der Waals surface area (Å²) in [6, 6.07) is -0.214. The molecule has 0 spiro atoms. The van der Waals surface area contributed by atoms with Crippen molar-refractivity contribution >= 4 is 6.03 Å². The van der Waals surface area contributed by atoms with E-state index in [9.17, 15) is 9.90 Å². The van der Waals surface area contributed by atoms with Crippen LogP contribution in [0.3, 0.4) is 0 Å². The normalized spacial score (nSPS) is 17.1. The van der Waals surface area contributed by atoms with Gasteiger partial charge >= 0.3 is 18.0 Å². The molecule has 1 aliphatic rings. The topological polar surface area (TPSA) is 88.5 Å². The van der Waals surface area contributed by atoms with Gasteiger partial charge in [0.05, 0.1) is 12.1 Å². The summed E-state index contributed by atoms with van der Waals surface area (Å²) < 4.78 is 12.1. The Morgan fingerprint density at radius 3 is 2.56 bits per heavy atom. The van der Waals surface area contributed by atoms with Crippen molar-refractivity contribution in [2.45, 2.75) is 90.9 Å². The molecule has 1 saturated carbocycles. The molecule has 1 aliphatic carbocycles. The van der Waals surface area contributed by atoms with E-state index >= 15 is 0 Å². The van der Waals surface area contributed by atoms with Crippen LogP contribution in [0.25, 0.3) is 0 Å². The second kappa shape index (κ2) is 9.17. The monoisotopic (exact) mass is 354 g/mol. The second-order valence-corrected chi connectivity index (χ2v) is 7.56. The third kappa shape index (κ3) is 5.99. The summed E-state index contributed by atoms with van der Waals surface area (Å²) in [6.07, 6.45) is 5.74. The number of ether oxygens (including phenoxy) is 1. The number of nitrogens with zero attached hydrogens (tertiary/aromatic N) is 2. The number of amides is 1. The van der Waals surface area contributed by atoms with Crippen LogP contribution in [0.5, 0.6) is 6.08 Å². The zero-order valence-corrected chi connectivity index (χ0v) is 15.8. The molecule has 25 heavy (non-hydrogen) atoms. The van der Waals surface area contributed by atoms with E-state index in [0.717, 1.165) is 36.8 Å². The molecule has 1 fully saturated rings. The third-order valence-corrected chi connectivity index (χ3v) is 4.35. The van der Waals surface area contributed by atoms with Gasteiger partial charge in [-0.1, -0.05) is 20.3 Å². The Hall–Kier alpha value is -1.63. The number of aromatic nitrogens is 2. The van der Waals surface area contributed by atoms with Gasteiger partial charge in [-0.2, -0.15) is 4.79 Å². The summed E-state index contributed by atoms with van der Waals surface area (Å²) in [5.41, 5.74) is 0. The van der Waals surface area contributed by atoms with Crippen molar-refractivity contribution in [1.29, 1.82) is 0 Å². The van der Waals surface area contributed by atoms with Crippen molar-refractivity contribution in [2.24, 2.45) is 5.92 Å². The van der Waals surface area contributed by atoms with Crippen LogP contribution in [0.4, 0.5) is 4.79 Å². The fraction of sp³-hybridized carbons (Fsp3) is 0.833. The second-order valence-electron chi connectivity index (χ2n) is 7.56. The molecule has 0 aromatic carbocycles. The minimum absolute atomic E-state index is 0.00684. The molecule has 1 atom stereocenters. The molecule has 1 unspecified atom stereocenters. The Labute approximate surface area is 149 Å². The van der Waals surface area contributed by atoms with Gasteiger partial charge in [-0.3, -0.25) is 0 Å². The minimum atomic E-state index is -0.892. The molecule has 0 aliphatic heterocycles. The number of aliphatic hydroxyl groups is 1. The first-order valence-corrected chi connectivity index (χ1v) is 9.45. The van der Waals surface area contributed by atoms with Gasteiger partial charge in [-0.05, 0) is 63.0 Å². The summed E-state index contributed by atoms with van der Waals surface area (Å²) in [7, 11) is 0. The first kappa shape index (κ1) is 19.7. The summed E-state index contributed by atoms with van der Waals surface area (Å²) in [6.45, 7) is 7.88. The van der Waals surface area contributed by atoms with Gasteiger partial charge in [0.1, 0.15) is 0 Å². The number of aliphatic hydroxyl groups excluding tert-OH is 1. The fourth-order valence-electron chi connectivity index (χ4n) is 2.99. The van der Waals surface area contributed by atoms with Crippen LogP contribution in [-0.4, -0.2) is 28.4 Å². The molecule has 0 saturated heterocycles. The van der Waals surface area contributed by atoms with Crippen molar-refractivity contribution in [1.82, 2.24) is 10.4 Å². The Bertz CT molecular complexity index is 551. The highest BCUT2D eigenvalue weighted by atomic mass is 16.6. The number of hydrogen-bond acceptors (Lipinski definition) is 5. The van der Waals surface area contributed by atoms with Crippen LogP contribution >= 0.6 is 0 Å². The van der Waals surface area contributed by atoms with Crippen LogP contribution in [-0.2, 0) is 0 Å². The number of rotatable bonds is 7. The smallest absolute Gasteiger partial charge is 0.445 e. The zero-order valence-electron chi connectivity index (χ0n) is 15.8. The highest BCUT2D eigenvalue weighted by molar-refractivity contribution is 5.64. The molecular weight excluding hydrogens is 322 g/mol. The predicted molar refractivity (Wildman–Crippen MR) is 92.3 cm³/mol. The van der Waals surface area contributed by atoms with Gasteiger partial charge in [-0.25, -0.2) is 5.32 Å². The lowest BCUT2D eigenvalue weighted by molar-refractivity contribution is -0.650. The highest BCUT2D eigenvalue weighted by Gasteiger charge is 2.34. The van der Waals surface area contributed by atoms with Gasteiger partial charge in [-0.15, -0.1) is 0 Å². The first-order valence-electron chi connectivity index (χ1n) is 9.45. The minimum Gasteiger partial charge on any atom is -0.445 e. The highest BCUT2D eigenvalue weighted by Crippen LogP contribution is 2.22. The summed E-state index contributed by atoms with van der Waals surface area (Å²) in [5, 5.41) is 17.6. The SMILES string of the molecule is CC(C)CCC(O)c1oc(OC(C)C)n[n+]1C(=O)NC1CCCCC1. The molecule has 7 heteroatoms. The maximum absolute atomic E-state index is 12.6. The lowest BCUT2D eigenvalue weighted by Gasteiger charge is -2.17. The Morgan fingerprint density at radius 2 is 1.96 bits per heavy atom. The Balaban J connectivity index is 2.14. The molecule has 2 N–H and O–H groups in total. The van der Waals surface area contributed by atoms with Gasteiger partial charge in [0.15, 0.2) is 6.10 Å². The number of carbonyl (C=O) groups excluding carboxylic acids is 1. The third-order valence-electron chi connectivity index (χ3n) is 4.35. The van der Waals surface area contributed by atoms with Crippen LogP contribution in [0, 0.1) is 5.92 Å². The molecule has 142 valence electrons. The lowest BCUT2D eigenvalue weighted by Crippen LogP contribution is -2.57. The molecular formula is C18H32N3O4+. The molecule has 2 rings (SSSR count). The number of hydrogen-bond donors (Lipinski definition) is 2. The van der Waals surface area contributed by atoms with Crippen LogP contribution in [0.2, 0.25) is 0 Å². The van der Waals surface area contributed by atoms with E-state index < -0.39 is 6.10 Å². The van der Waals surface area contributed by atoms with Crippen molar-refractivity contribution in [3.05, 3.63) is 5.89 Å². The Morgan fingerprint density at radius 1 is 1.28 bits per heavy atom. The molecule has 7 nitrogen and oxygen atoms in total. The standard InChI is InChI=1S/C18H31N3O4/c1-12(2)10-11-15(22)16-21(20-18(25-16)24-13(3)4)17(23)19-14-8-6-5-7-9-14/h12-15,22H,5-11H2,1-4H3/p+1. The van der Waals surface area contributed by atoms with E-state index in [4.69, 9.17) is 9.15 Å². The van der Waals surface area contributed by atoms with E-state index in [2.05, 4.69) is 24.3 Å². The maximum atomic E-state index is 12.6. The van der Waals surface area contributed by atoms with Crippen molar-refractivity contribution < 1.29 is 23.7 Å². The predicted octanol–water partition coefficient (Wildman–Crippen LogP) is 3.11. The van der Waals surface area contributed by atoms with Crippen LogP contribution in [0.1, 0.15) is 84.6 Å². The first-order chi connectivity index (χ1) is 11.9. The molecule has 1 aromatic heterocycles. The van der Waals surface area contributed by atoms with Crippen molar-refractivity contribution in [3.8, 4) is 6.08 Å². The average molecular weight is 354 g/mol. The van der Waals surface area contributed by atoms with E-state index in [1.165, 1.54) is 6.42 Å². The van der Waals surface area contributed by atoms with Gasteiger partial charge in [0, 0.05) is 5.10 Å². The number of nitrogens with one attached hydrogen (secondary N) is 1. The maximum Gasteiger partial charge on any atom is 0.520 e. The quantitative estimate of drug-likeness (QED) is 0.735.